The number of hydrogen-bond donors (Lipinski definition) is 2. The van der Waals surface area contributed by atoms with Crippen LogP contribution in [0.1, 0.15) is 17.5 Å². The van der Waals surface area contributed by atoms with Crippen molar-refractivity contribution < 1.29 is 24.2 Å². The highest BCUT2D eigenvalue weighted by molar-refractivity contribution is 5.94. The molecule has 7 nitrogen and oxygen atoms in total. The van der Waals surface area contributed by atoms with Crippen molar-refractivity contribution in [2.24, 2.45) is 0 Å². The summed E-state index contributed by atoms with van der Waals surface area (Å²) in [6, 6.07) is 6.97. The third kappa shape index (κ3) is 2.91. The number of carbonyl (C=O) groups is 2. The Morgan fingerprint density at radius 2 is 2.16 bits per heavy atom. The predicted molar refractivity (Wildman–Crippen MR) is 88.8 cm³/mol. The minimum atomic E-state index is -1.00. The monoisotopic (exact) mass is 338 g/mol. The van der Waals surface area contributed by atoms with E-state index < -0.39 is 5.97 Å². The molecule has 1 aromatic heterocycles. The Morgan fingerprint density at radius 3 is 3.00 bits per heavy atom. The zero-order valence-electron chi connectivity index (χ0n) is 13.1. The van der Waals surface area contributed by atoms with E-state index in [2.05, 4.69) is 10.3 Å². The van der Waals surface area contributed by atoms with E-state index in [4.69, 9.17) is 14.6 Å². The molecule has 4 rings (SSSR count). The van der Waals surface area contributed by atoms with Gasteiger partial charge in [-0.05, 0) is 36.8 Å². The summed E-state index contributed by atoms with van der Waals surface area (Å²) in [6.45, 7) is 0.0418. The quantitative estimate of drug-likeness (QED) is 0.893. The van der Waals surface area contributed by atoms with Crippen LogP contribution in [-0.4, -0.2) is 28.6 Å². The molecule has 1 aromatic carbocycles. The molecule has 0 spiro atoms. The maximum Gasteiger partial charge on any atom is 0.335 e. The number of rotatable bonds is 3. The van der Waals surface area contributed by atoms with Crippen LogP contribution in [0.3, 0.4) is 0 Å². The van der Waals surface area contributed by atoms with Crippen LogP contribution < -0.4 is 14.8 Å². The van der Waals surface area contributed by atoms with Gasteiger partial charge < -0.3 is 19.9 Å². The summed E-state index contributed by atoms with van der Waals surface area (Å²) in [7, 11) is 0. The van der Waals surface area contributed by atoms with Gasteiger partial charge in [-0.3, -0.25) is 4.79 Å². The summed E-state index contributed by atoms with van der Waals surface area (Å²) in [5.74, 6) is 1.23. The number of aromatic nitrogens is 1. The summed E-state index contributed by atoms with van der Waals surface area (Å²) in [6.07, 6.45) is 4.10. The minimum Gasteiger partial charge on any atom is -0.488 e. The Morgan fingerprint density at radius 1 is 1.28 bits per heavy atom. The summed E-state index contributed by atoms with van der Waals surface area (Å²) >= 11 is 0. The second-order valence-electron chi connectivity index (χ2n) is 5.75. The van der Waals surface area contributed by atoms with Gasteiger partial charge in [-0.15, -0.1) is 0 Å². The highest BCUT2D eigenvalue weighted by Gasteiger charge is 2.21. The third-order valence-electron chi connectivity index (χ3n) is 4.07. The average molecular weight is 338 g/mol. The number of nitrogens with zero attached hydrogens (tertiary/aromatic N) is 1. The molecule has 2 N–H and O–H groups in total. The van der Waals surface area contributed by atoms with Crippen molar-refractivity contribution >= 4 is 23.8 Å². The van der Waals surface area contributed by atoms with E-state index in [-0.39, 0.29) is 18.1 Å². The SMILES string of the molecule is O=C1CCc2c(Oc3ccc4c(c3)C=C(C(=O)O)CO4)ccnc2N1. The number of carboxylic acids is 1. The number of fused-ring (bicyclic) bond motifs is 2. The van der Waals surface area contributed by atoms with Crippen LogP contribution in [0.5, 0.6) is 17.2 Å². The smallest absolute Gasteiger partial charge is 0.335 e. The number of benzene rings is 1. The first kappa shape index (κ1) is 15.2. The van der Waals surface area contributed by atoms with Crippen molar-refractivity contribution in [3.05, 3.63) is 47.2 Å². The lowest BCUT2D eigenvalue weighted by Gasteiger charge is -2.20. The van der Waals surface area contributed by atoms with Crippen molar-refractivity contribution in [3.8, 4) is 17.2 Å². The average Bonchev–Trinajstić information content (AvgIpc) is 2.61. The molecule has 2 aliphatic rings. The molecule has 0 saturated carbocycles. The standard InChI is InChI=1S/C18H14N2O5/c21-16-4-2-13-15(5-6-19-17(13)20-16)25-12-1-3-14-10(8-12)7-11(9-24-14)18(22)23/h1,3,5-8H,2,4,9H2,(H,22,23)(H,19,20,21). The zero-order valence-corrected chi connectivity index (χ0v) is 13.1. The first-order chi connectivity index (χ1) is 12.1. The molecule has 7 heteroatoms. The fourth-order valence-corrected chi connectivity index (χ4v) is 2.82. The van der Waals surface area contributed by atoms with E-state index in [1.54, 1.807) is 36.5 Å². The first-order valence-electron chi connectivity index (χ1n) is 7.76. The first-order valence-corrected chi connectivity index (χ1v) is 7.76. The van der Waals surface area contributed by atoms with E-state index in [1.165, 1.54) is 0 Å². The molecule has 3 heterocycles. The topological polar surface area (TPSA) is 97.8 Å². The van der Waals surface area contributed by atoms with Crippen LogP contribution in [0.4, 0.5) is 5.82 Å². The summed E-state index contributed by atoms with van der Waals surface area (Å²) in [5.41, 5.74) is 1.68. The van der Waals surface area contributed by atoms with Gasteiger partial charge in [0.2, 0.25) is 5.91 Å². The van der Waals surface area contributed by atoms with Gasteiger partial charge in [0.1, 0.15) is 29.7 Å². The molecule has 0 unspecified atom stereocenters. The molecule has 0 atom stereocenters. The molecule has 0 aliphatic carbocycles. The number of amides is 1. The number of aliphatic carboxylic acids is 1. The van der Waals surface area contributed by atoms with Gasteiger partial charge in [0.15, 0.2) is 0 Å². The fourth-order valence-electron chi connectivity index (χ4n) is 2.82. The largest absolute Gasteiger partial charge is 0.488 e. The number of anilines is 1. The van der Waals surface area contributed by atoms with Crippen LogP contribution in [0.15, 0.2) is 36.0 Å². The molecule has 2 aliphatic heterocycles. The van der Waals surface area contributed by atoms with Crippen LogP contribution in [0.2, 0.25) is 0 Å². The Labute approximate surface area is 142 Å². The molecule has 0 radical (unpaired) electrons. The van der Waals surface area contributed by atoms with Crippen LogP contribution in [0.25, 0.3) is 6.08 Å². The number of ether oxygens (including phenoxy) is 2. The lowest BCUT2D eigenvalue weighted by molar-refractivity contribution is -0.133. The maximum atomic E-state index is 11.5. The van der Waals surface area contributed by atoms with Crippen molar-refractivity contribution in [2.75, 3.05) is 11.9 Å². The predicted octanol–water partition coefficient (Wildman–Crippen LogP) is 2.62. The van der Waals surface area contributed by atoms with E-state index in [1.807, 2.05) is 0 Å². The Bertz CT molecular complexity index is 920. The highest BCUT2D eigenvalue weighted by atomic mass is 16.5. The molecular weight excluding hydrogens is 324 g/mol. The van der Waals surface area contributed by atoms with Crippen LogP contribution >= 0.6 is 0 Å². The van der Waals surface area contributed by atoms with Crippen molar-refractivity contribution in [2.45, 2.75) is 12.8 Å². The highest BCUT2D eigenvalue weighted by Crippen LogP contribution is 2.35. The van der Waals surface area contributed by atoms with E-state index in [0.717, 1.165) is 5.56 Å². The van der Waals surface area contributed by atoms with E-state index in [0.29, 0.717) is 41.5 Å². The van der Waals surface area contributed by atoms with Gasteiger partial charge in [0.05, 0.1) is 5.57 Å². The van der Waals surface area contributed by atoms with E-state index in [9.17, 15) is 9.59 Å². The summed E-state index contributed by atoms with van der Waals surface area (Å²) in [5, 5.41) is 11.8. The minimum absolute atomic E-state index is 0.0418. The molecule has 1 amide bonds. The number of carbonyl (C=O) groups excluding carboxylic acids is 1. The molecule has 25 heavy (non-hydrogen) atoms. The molecule has 0 saturated heterocycles. The van der Waals surface area contributed by atoms with Gasteiger partial charge >= 0.3 is 5.97 Å². The van der Waals surface area contributed by atoms with Crippen molar-refractivity contribution in [1.82, 2.24) is 4.98 Å². The van der Waals surface area contributed by atoms with Crippen molar-refractivity contribution in [3.63, 3.8) is 0 Å². The summed E-state index contributed by atoms with van der Waals surface area (Å²) < 4.78 is 11.4. The number of hydrogen-bond acceptors (Lipinski definition) is 5. The Balaban J connectivity index is 1.65. The van der Waals surface area contributed by atoms with Gasteiger partial charge in [0.25, 0.3) is 0 Å². The number of pyridine rings is 1. The second-order valence-corrected chi connectivity index (χ2v) is 5.75. The van der Waals surface area contributed by atoms with Gasteiger partial charge in [-0.2, -0.15) is 0 Å². The van der Waals surface area contributed by atoms with Crippen molar-refractivity contribution in [1.29, 1.82) is 0 Å². The van der Waals surface area contributed by atoms with Gasteiger partial charge in [-0.1, -0.05) is 0 Å². The number of carboxylic acid groups (broad SMARTS) is 1. The normalized spacial score (nSPS) is 15.2. The fraction of sp³-hybridized carbons (Fsp3) is 0.167. The lowest BCUT2D eigenvalue weighted by Crippen LogP contribution is -2.20. The molecule has 126 valence electrons. The number of nitrogens with one attached hydrogen (secondary N) is 1. The summed E-state index contributed by atoms with van der Waals surface area (Å²) in [4.78, 5) is 26.8. The van der Waals surface area contributed by atoms with E-state index >= 15 is 0 Å². The van der Waals surface area contributed by atoms with Crippen LogP contribution in [0, 0.1) is 0 Å². The zero-order chi connectivity index (χ0) is 17.4. The molecule has 2 aromatic rings. The molecule has 0 bridgehead atoms. The second kappa shape index (κ2) is 5.94. The Hall–Kier alpha value is -3.35. The van der Waals surface area contributed by atoms with Gasteiger partial charge in [-0.25, -0.2) is 9.78 Å². The van der Waals surface area contributed by atoms with Crippen LogP contribution in [-0.2, 0) is 16.0 Å². The third-order valence-corrected chi connectivity index (χ3v) is 4.07. The lowest BCUT2D eigenvalue weighted by atomic mass is 10.1. The molecular formula is C18H14N2O5. The van der Waals surface area contributed by atoms with Gasteiger partial charge in [0, 0.05) is 23.7 Å². The maximum absolute atomic E-state index is 11.5. The Kier molecular flexibility index (Phi) is 3.61. The molecule has 0 fully saturated rings.